The molecule has 0 nitrogen and oxygen atoms in total. The van der Waals surface area contributed by atoms with Gasteiger partial charge in [0.05, 0.1) is 0 Å². The van der Waals surface area contributed by atoms with Gasteiger partial charge in [-0.05, 0) is 0 Å². The van der Waals surface area contributed by atoms with Gasteiger partial charge in [-0.25, -0.2) is 0 Å². The van der Waals surface area contributed by atoms with Crippen molar-refractivity contribution in [3.63, 3.8) is 0 Å². The number of hydrogen-bond donors (Lipinski definition) is 0. The Hall–Kier alpha value is 2.24. The molecule has 0 saturated heterocycles. The number of rotatable bonds is 0. The molecule has 0 amide bonds. The van der Waals surface area contributed by atoms with Gasteiger partial charge in [-0.2, -0.15) is 9.90 Å². The molecule has 0 heterocycles. The van der Waals surface area contributed by atoms with Crippen molar-refractivity contribution in [1.82, 2.24) is 0 Å². The molecule has 0 aliphatic heterocycles. The van der Waals surface area contributed by atoms with E-state index < -0.39 is 0 Å². The van der Waals surface area contributed by atoms with Crippen molar-refractivity contribution in [3.05, 3.63) is 0 Å². The number of hydrogen-bond acceptors (Lipinski definition) is 0. The molecule has 0 aliphatic rings. The third kappa shape index (κ3) is 8.87. The van der Waals surface area contributed by atoms with E-state index in [2.05, 4.69) is 0 Å². The summed E-state index contributed by atoms with van der Waals surface area (Å²) in [5.41, 5.74) is 0. The summed E-state index contributed by atoms with van der Waals surface area (Å²) >= 11 is 0. The van der Waals surface area contributed by atoms with Crippen molar-refractivity contribution in [2.45, 2.75) is 0 Å². The molecule has 37 valence electrons. The zero-order valence-corrected chi connectivity index (χ0v) is 4.67. The van der Waals surface area contributed by atoms with E-state index in [1.54, 1.807) is 0 Å². The van der Waals surface area contributed by atoms with Crippen molar-refractivity contribution in [2.24, 2.45) is 0 Å². The molecule has 1 radical (unpaired) electrons. The molecular formula is H7CuNiPSn. The third-order valence-corrected chi connectivity index (χ3v) is 0. The predicted molar refractivity (Wildman–Crippen MR) is 22.4 cm³/mol. The van der Waals surface area contributed by atoms with E-state index in [-0.39, 0.29) is 67.4 Å². The topological polar surface area (TPSA) is 0 Å². The summed E-state index contributed by atoms with van der Waals surface area (Å²) in [5, 5.41) is 0. The van der Waals surface area contributed by atoms with Gasteiger partial charge in [0.2, 0.25) is 0 Å². The van der Waals surface area contributed by atoms with Gasteiger partial charge in [0.25, 0.3) is 0 Å². The molecule has 0 rings (SSSR count). The molecule has 4 heteroatoms. The fourth-order valence-electron chi connectivity index (χ4n) is 0. The Morgan fingerprint density at radius 1 is 1.00 bits per heavy atom. The maximum absolute atomic E-state index is 0. The van der Waals surface area contributed by atoms with E-state index >= 15 is 0 Å². The van der Waals surface area contributed by atoms with Crippen LogP contribution in [0.5, 0.6) is 0 Å². The van der Waals surface area contributed by atoms with E-state index in [0.29, 0.717) is 0 Å². The van der Waals surface area contributed by atoms with Crippen molar-refractivity contribution in [1.29, 1.82) is 0 Å². The van der Waals surface area contributed by atoms with Crippen LogP contribution in [-0.4, -0.2) is 23.9 Å². The van der Waals surface area contributed by atoms with Crippen LogP contribution in [-0.2, 0) is 33.6 Å². The van der Waals surface area contributed by atoms with E-state index in [9.17, 15) is 0 Å². The average molecular weight is 279 g/mol. The van der Waals surface area contributed by atoms with Gasteiger partial charge in [0, 0.05) is 33.6 Å². The minimum atomic E-state index is 0. The Morgan fingerprint density at radius 3 is 1.00 bits per heavy atom. The fraction of sp³-hybridized carbons (Fsp3) is 0. The van der Waals surface area contributed by atoms with Crippen LogP contribution >= 0.6 is 9.90 Å². The van der Waals surface area contributed by atoms with E-state index in [1.807, 2.05) is 0 Å². The molecule has 0 N–H and O–H groups in total. The van der Waals surface area contributed by atoms with Crippen LogP contribution in [0.1, 0.15) is 0 Å². The molecule has 1 atom stereocenters. The van der Waals surface area contributed by atoms with Crippen molar-refractivity contribution < 1.29 is 33.6 Å². The third-order valence-electron chi connectivity index (χ3n) is 0. The molecule has 0 aromatic heterocycles. The van der Waals surface area contributed by atoms with Gasteiger partial charge in [-0.3, -0.25) is 0 Å². The fourth-order valence-corrected chi connectivity index (χ4v) is 0. The quantitative estimate of drug-likeness (QED) is 0.378. The molecule has 0 aromatic carbocycles. The van der Waals surface area contributed by atoms with Crippen molar-refractivity contribution in [3.8, 4) is 0 Å². The van der Waals surface area contributed by atoms with Crippen LogP contribution in [0, 0.1) is 0 Å². The summed E-state index contributed by atoms with van der Waals surface area (Å²) in [4.78, 5) is 0. The minimum absolute atomic E-state index is 0. The predicted octanol–water partition coefficient (Wildman–Crippen LogP) is -1.40. The van der Waals surface area contributed by atoms with Crippen LogP contribution in [0.25, 0.3) is 0 Å². The van der Waals surface area contributed by atoms with Gasteiger partial charge in [-0.1, -0.05) is 0 Å². The monoisotopic (exact) mass is 279 g/mol. The zero-order chi connectivity index (χ0) is 0. The Bertz CT molecular complexity index is 8.00. The Kier molecular flexibility index (Phi) is 160. The van der Waals surface area contributed by atoms with Gasteiger partial charge < -0.3 is 0 Å². The van der Waals surface area contributed by atoms with Crippen LogP contribution < -0.4 is 0 Å². The SMILES string of the molecule is P.[Cu].[Ni].[SnH4]. The molecule has 0 saturated carbocycles. The van der Waals surface area contributed by atoms with Gasteiger partial charge in [0.1, 0.15) is 0 Å². The summed E-state index contributed by atoms with van der Waals surface area (Å²) in [5.74, 6) is 0. The first-order chi connectivity index (χ1) is 0. The van der Waals surface area contributed by atoms with E-state index in [1.165, 1.54) is 0 Å². The molecule has 1 unspecified atom stereocenters. The van der Waals surface area contributed by atoms with Crippen molar-refractivity contribution >= 4 is 33.8 Å². The summed E-state index contributed by atoms with van der Waals surface area (Å²) in [6.45, 7) is 0. The first-order valence-corrected chi connectivity index (χ1v) is 0. The van der Waals surface area contributed by atoms with Gasteiger partial charge >= 0.3 is 23.9 Å². The second-order valence-electron chi connectivity index (χ2n) is 0. The summed E-state index contributed by atoms with van der Waals surface area (Å²) in [7, 11) is 0. The van der Waals surface area contributed by atoms with Crippen LogP contribution in [0.2, 0.25) is 0 Å². The molecule has 0 bridgehead atoms. The standard InChI is InChI=1S/Cu.Ni.H3P.Sn.4H/h;;1H3;;;;;. The van der Waals surface area contributed by atoms with Gasteiger partial charge in [0.15, 0.2) is 0 Å². The Labute approximate surface area is 66.8 Å². The molecule has 0 spiro atoms. The normalized spacial score (nSPS) is 0. The van der Waals surface area contributed by atoms with Crippen LogP contribution in [0.15, 0.2) is 0 Å². The molecule has 0 fully saturated rings. The molecule has 0 aromatic rings. The van der Waals surface area contributed by atoms with E-state index in [0.717, 1.165) is 0 Å². The maximum atomic E-state index is 0. The molecule has 0 aliphatic carbocycles. The summed E-state index contributed by atoms with van der Waals surface area (Å²) in [6.07, 6.45) is 0. The summed E-state index contributed by atoms with van der Waals surface area (Å²) in [6, 6.07) is 0. The summed E-state index contributed by atoms with van der Waals surface area (Å²) < 4.78 is 0. The van der Waals surface area contributed by atoms with Crippen LogP contribution in [0.3, 0.4) is 0 Å². The molecular weight excluding hydrogens is 272 g/mol. The van der Waals surface area contributed by atoms with E-state index in [4.69, 9.17) is 0 Å². The van der Waals surface area contributed by atoms with Crippen molar-refractivity contribution in [2.75, 3.05) is 0 Å². The average Bonchev–Trinajstić information content (AvgIpc) is 0. The van der Waals surface area contributed by atoms with Crippen LogP contribution in [0.4, 0.5) is 0 Å². The Balaban J connectivity index is 0. The second kappa shape index (κ2) is 18.8. The first kappa shape index (κ1) is 34.1. The molecule has 4 heavy (non-hydrogen) atoms. The van der Waals surface area contributed by atoms with Gasteiger partial charge in [-0.15, -0.1) is 0 Å². The Morgan fingerprint density at radius 2 is 1.00 bits per heavy atom. The first-order valence-electron chi connectivity index (χ1n) is 0. The second-order valence-corrected chi connectivity index (χ2v) is 0. The zero-order valence-electron chi connectivity index (χ0n) is 1.32.